The Morgan fingerprint density at radius 3 is 2.53 bits per heavy atom. The quantitative estimate of drug-likeness (QED) is 0.883. The molecule has 1 aromatic heterocycles. The Hall–Kier alpha value is -1.39. The summed E-state index contributed by atoms with van der Waals surface area (Å²) < 4.78 is 16.9. The number of hydrogen-bond donors (Lipinski definition) is 1. The maximum Gasteiger partial charge on any atom is 0.125 e. The third-order valence-corrected chi connectivity index (χ3v) is 4.44. The molecule has 1 N–H and O–H groups in total. The first-order chi connectivity index (χ1) is 9.18. The van der Waals surface area contributed by atoms with E-state index in [0.717, 1.165) is 11.3 Å². The fraction of sp³-hybridized carbons (Fsp3) is 0.333. The largest absolute Gasteiger partial charge is 0.467 e. The summed E-state index contributed by atoms with van der Waals surface area (Å²) in [6.07, 6.45) is 3.41. The summed E-state index contributed by atoms with van der Waals surface area (Å²) in [5.74, 6) is 0.875. The molecule has 3 unspecified atom stereocenters. The third-order valence-electron chi connectivity index (χ3n) is 3.14. The Bertz CT molecular complexity index is 510. The second-order valence-electron chi connectivity index (χ2n) is 4.58. The summed E-state index contributed by atoms with van der Waals surface area (Å²) in [5.41, 5.74) is 1.14. The van der Waals surface area contributed by atoms with Gasteiger partial charge < -0.3 is 9.73 Å². The van der Waals surface area contributed by atoms with E-state index in [1.165, 1.54) is 0 Å². The predicted octanol–water partition coefficient (Wildman–Crippen LogP) is 2.73. The third kappa shape index (κ3) is 3.78. The molecule has 2 rings (SSSR count). The van der Waals surface area contributed by atoms with Crippen molar-refractivity contribution in [2.45, 2.75) is 18.2 Å². The van der Waals surface area contributed by atoms with Crippen LogP contribution in [-0.4, -0.2) is 22.3 Å². The van der Waals surface area contributed by atoms with Gasteiger partial charge in [0.2, 0.25) is 0 Å². The zero-order valence-electron chi connectivity index (χ0n) is 11.2. The molecule has 0 aliphatic heterocycles. The molecule has 2 aromatic rings. The van der Waals surface area contributed by atoms with Gasteiger partial charge in [0.1, 0.15) is 5.76 Å². The molecule has 0 aliphatic rings. The van der Waals surface area contributed by atoms with E-state index in [-0.39, 0.29) is 11.3 Å². The van der Waals surface area contributed by atoms with Crippen LogP contribution < -0.4 is 5.32 Å². The van der Waals surface area contributed by atoms with Crippen molar-refractivity contribution in [2.75, 3.05) is 12.8 Å². The van der Waals surface area contributed by atoms with Crippen molar-refractivity contribution < 1.29 is 8.63 Å². The number of furan rings is 1. The maximum atomic E-state index is 11.4. The van der Waals surface area contributed by atoms with Crippen molar-refractivity contribution >= 4 is 10.8 Å². The van der Waals surface area contributed by atoms with Gasteiger partial charge in [-0.2, -0.15) is 0 Å². The lowest BCUT2D eigenvalue weighted by Gasteiger charge is -2.19. The van der Waals surface area contributed by atoms with Gasteiger partial charge in [0, 0.05) is 28.9 Å². The molecule has 0 saturated heterocycles. The van der Waals surface area contributed by atoms with E-state index in [1.807, 2.05) is 37.3 Å². The zero-order chi connectivity index (χ0) is 13.7. The average Bonchev–Trinajstić information content (AvgIpc) is 2.94. The van der Waals surface area contributed by atoms with E-state index in [4.69, 9.17) is 4.42 Å². The summed E-state index contributed by atoms with van der Waals surface area (Å²) in [6.45, 7) is 2.66. The summed E-state index contributed by atoms with van der Waals surface area (Å²) in [7, 11) is -0.823. The molecule has 0 fully saturated rings. The minimum Gasteiger partial charge on any atom is -0.467 e. The standard InChI is InChI=1S/C15H19NO2S/c1-12(19(2)17)11-16-15(14-9-6-10-18-14)13-7-4-3-5-8-13/h3-10,12,15-16H,11H2,1-2H3. The van der Waals surface area contributed by atoms with Gasteiger partial charge in [-0.3, -0.25) is 4.21 Å². The molecule has 0 radical (unpaired) electrons. The van der Waals surface area contributed by atoms with Crippen molar-refractivity contribution in [1.82, 2.24) is 5.32 Å². The van der Waals surface area contributed by atoms with Gasteiger partial charge >= 0.3 is 0 Å². The van der Waals surface area contributed by atoms with Crippen LogP contribution in [0, 0.1) is 0 Å². The molecule has 102 valence electrons. The van der Waals surface area contributed by atoms with Crippen LogP contribution in [0.1, 0.15) is 24.3 Å². The molecule has 3 atom stereocenters. The number of benzene rings is 1. The minimum atomic E-state index is -0.823. The molecule has 1 heterocycles. The maximum absolute atomic E-state index is 11.4. The van der Waals surface area contributed by atoms with Gasteiger partial charge in [0.15, 0.2) is 0 Å². The highest BCUT2D eigenvalue weighted by atomic mass is 32.2. The Balaban J connectivity index is 2.14. The summed E-state index contributed by atoms with van der Waals surface area (Å²) in [4.78, 5) is 0. The molecule has 0 bridgehead atoms. The number of nitrogens with one attached hydrogen (secondary N) is 1. The molecule has 1 aromatic carbocycles. The van der Waals surface area contributed by atoms with Crippen LogP contribution in [0.25, 0.3) is 0 Å². The lowest BCUT2D eigenvalue weighted by Crippen LogP contribution is -2.31. The molecule has 3 nitrogen and oxygen atoms in total. The van der Waals surface area contributed by atoms with E-state index in [0.29, 0.717) is 6.54 Å². The van der Waals surface area contributed by atoms with Gasteiger partial charge in [-0.25, -0.2) is 0 Å². The lowest BCUT2D eigenvalue weighted by molar-refractivity contribution is 0.447. The Labute approximate surface area is 116 Å². The SMILES string of the molecule is CC(CNC(c1ccccc1)c1ccco1)S(C)=O. The van der Waals surface area contributed by atoms with E-state index in [9.17, 15) is 4.21 Å². The zero-order valence-corrected chi connectivity index (χ0v) is 12.0. The van der Waals surface area contributed by atoms with Gasteiger partial charge in [-0.15, -0.1) is 0 Å². The van der Waals surface area contributed by atoms with Crippen molar-refractivity contribution in [3.8, 4) is 0 Å². The monoisotopic (exact) mass is 277 g/mol. The van der Waals surface area contributed by atoms with E-state index in [2.05, 4.69) is 17.4 Å². The highest BCUT2D eigenvalue weighted by Crippen LogP contribution is 2.22. The number of hydrogen-bond acceptors (Lipinski definition) is 3. The Morgan fingerprint density at radius 2 is 1.95 bits per heavy atom. The van der Waals surface area contributed by atoms with E-state index in [1.54, 1.807) is 12.5 Å². The lowest BCUT2D eigenvalue weighted by atomic mass is 10.0. The van der Waals surface area contributed by atoms with Crippen LogP contribution in [0.15, 0.2) is 53.1 Å². The highest BCUT2D eigenvalue weighted by Gasteiger charge is 2.17. The smallest absolute Gasteiger partial charge is 0.125 e. The molecular weight excluding hydrogens is 258 g/mol. The number of rotatable bonds is 6. The fourth-order valence-electron chi connectivity index (χ4n) is 1.88. The molecule has 0 aliphatic carbocycles. The van der Waals surface area contributed by atoms with Crippen molar-refractivity contribution in [3.05, 3.63) is 60.1 Å². The fourth-order valence-corrected chi connectivity index (χ4v) is 2.22. The van der Waals surface area contributed by atoms with Gasteiger partial charge in [-0.05, 0) is 24.6 Å². The van der Waals surface area contributed by atoms with Gasteiger partial charge in [0.05, 0.1) is 12.3 Å². The van der Waals surface area contributed by atoms with Crippen LogP contribution in [0.5, 0.6) is 0 Å². The second-order valence-corrected chi connectivity index (χ2v) is 6.38. The van der Waals surface area contributed by atoms with Gasteiger partial charge in [0.25, 0.3) is 0 Å². The first kappa shape index (κ1) is 14.0. The Morgan fingerprint density at radius 1 is 1.21 bits per heavy atom. The van der Waals surface area contributed by atoms with Gasteiger partial charge in [-0.1, -0.05) is 30.3 Å². The second kappa shape index (κ2) is 6.68. The van der Waals surface area contributed by atoms with E-state index >= 15 is 0 Å². The summed E-state index contributed by atoms with van der Waals surface area (Å²) >= 11 is 0. The molecular formula is C15H19NO2S. The normalized spacial score (nSPS) is 15.9. The highest BCUT2D eigenvalue weighted by molar-refractivity contribution is 7.84. The summed E-state index contributed by atoms with van der Waals surface area (Å²) in [5, 5.41) is 3.54. The minimum absolute atomic E-state index is 0.00204. The van der Waals surface area contributed by atoms with Crippen LogP contribution in [0.3, 0.4) is 0 Å². The van der Waals surface area contributed by atoms with Crippen molar-refractivity contribution in [1.29, 1.82) is 0 Å². The van der Waals surface area contributed by atoms with Crippen LogP contribution in [-0.2, 0) is 10.8 Å². The Kier molecular flexibility index (Phi) is 4.93. The first-order valence-corrected chi connectivity index (χ1v) is 7.94. The topological polar surface area (TPSA) is 42.2 Å². The van der Waals surface area contributed by atoms with Crippen LogP contribution >= 0.6 is 0 Å². The summed E-state index contributed by atoms with van der Waals surface area (Å²) in [6, 6.07) is 14.0. The molecule has 0 saturated carbocycles. The molecule has 0 spiro atoms. The van der Waals surface area contributed by atoms with E-state index < -0.39 is 10.8 Å². The van der Waals surface area contributed by atoms with Crippen LogP contribution in [0.2, 0.25) is 0 Å². The van der Waals surface area contributed by atoms with Crippen molar-refractivity contribution in [3.63, 3.8) is 0 Å². The first-order valence-electron chi connectivity index (χ1n) is 6.32. The molecule has 4 heteroatoms. The molecule has 19 heavy (non-hydrogen) atoms. The van der Waals surface area contributed by atoms with Crippen molar-refractivity contribution in [2.24, 2.45) is 0 Å². The predicted molar refractivity (Wildman–Crippen MR) is 78.5 cm³/mol. The van der Waals surface area contributed by atoms with Crippen LogP contribution in [0.4, 0.5) is 0 Å². The average molecular weight is 277 g/mol. The molecule has 0 amide bonds.